The van der Waals surface area contributed by atoms with Crippen LogP contribution in [0.15, 0.2) is 54.9 Å². The zero-order valence-electron chi connectivity index (χ0n) is 15.1. The highest BCUT2D eigenvalue weighted by Gasteiger charge is 2.24. The molecule has 2 aromatic heterocycles. The third-order valence-corrected chi connectivity index (χ3v) is 4.85. The van der Waals surface area contributed by atoms with E-state index >= 15 is 0 Å². The summed E-state index contributed by atoms with van der Waals surface area (Å²) >= 11 is 0. The number of aromatic nitrogens is 3. The van der Waals surface area contributed by atoms with Gasteiger partial charge in [-0.05, 0) is 18.2 Å². The van der Waals surface area contributed by atoms with Crippen LogP contribution in [0.4, 0.5) is 0 Å². The molecule has 4 rings (SSSR count). The van der Waals surface area contributed by atoms with Crippen LogP contribution in [0.3, 0.4) is 0 Å². The first kappa shape index (κ1) is 17.6. The van der Waals surface area contributed by atoms with E-state index in [9.17, 15) is 4.79 Å². The van der Waals surface area contributed by atoms with Crippen molar-refractivity contribution >= 4 is 16.8 Å². The Labute approximate surface area is 157 Å². The van der Waals surface area contributed by atoms with Crippen molar-refractivity contribution in [3.05, 3.63) is 60.6 Å². The molecule has 0 spiro atoms. The van der Waals surface area contributed by atoms with Gasteiger partial charge < -0.3 is 10.1 Å². The van der Waals surface area contributed by atoms with E-state index in [0.717, 1.165) is 29.7 Å². The number of fused-ring (bicyclic) bond motifs is 1. The lowest BCUT2D eigenvalue weighted by molar-refractivity contribution is -0.122. The van der Waals surface area contributed by atoms with Gasteiger partial charge in [-0.3, -0.25) is 19.4 Å². The number of ether oxygens (including phenoxy) is 1. The van der Waals surface area contributed by atoms with Gasteiger partial charge in [0.1, 0.15) is 6.54 Å². The minimum absolute atomic E-state index is 0.0356. The van der Waals surface area contributed by atoms with E-state index in [-0.39, 0.29) is 18.5 Å². The number of pyridine rings is 1. The van der Waals surface area contributed by atoms with Crippen molar-refractivity contribution < 1.29 is 9.53 Å². The van der Waals surface area contributed by atoms with Crippen molar-refractivity contribution in [1.82, 2.24) is 25.0 Å². The molecule has 7 nitrogen and oxygen atoms in total. The molecule has 1 N–H and O–H groups in total. The predicted molar refractivity (Wildman–Crippen MR) is 102 cm³/mol. The van der Waals surface area contributed by atoms with Crippen molar-refractivity contribution in [2.75, 3.05) is 32.8 Å². The molecule has 1 fully saturated rings. The number of benzene rings is 1. The van der Waals surface area contributed by atoms with E-state index in [2.05, 4.69) is 20.3 Å². The molecule has 1 saturated heterocycles. The molecule has 0 saturated carbocycles. The third kappa shape index (κ3) is 4.15. The second kappa shape index (κ2) is 8.28. The van der Waals surface area contributed by atoms with Crippen molar-refractivity contribution in [2.24, 2.45) is 0 Å². The van der Waals surface area contributed by atoms with Crippen LogP contribution in [-0.4, -0.2) is 58.4 Å². The number of hydrogen-bond acceptors (Lipinski definition) is 5. The maximum absolute atomic E-state index is 12.5. The maximum atomic E-state index is 12.5. The SMILES string of the molecule is O=C(Cn1ncc2ccccc21)NCC(c1ccccn1)N1CCOCC1. The van der Waals surface area contributed by atoms with Crippen LogP contribution >= 0.6 is 0 Å². The maximum Gasteiger partial charge on any atom is 0.241 e. The minimum Gasteiger partial charge on any atom is -0.379 e. The van der Waals surface area contributed by atoms with Gasteiger partial charge in [0, 0.05) is 31.2 Å². The predicted octanol–water partition coefficient (Wildman–Crippen LogP) is 1.62. The summed E-state index contributed by atoms with van der Waals surface area (Å²) in [6.45, 7) is 3.79. The molecule has 27 heavy (non-hydrogen) atoms. The normalized spacial score (nSPS) is 16.3. The number of carbonyl (C=O) groups excluding carboxylic acids is 1. The first-order valence-corrected chi connectivity index (χ1v) is 9.21. The molecule has 1 atom stereocenters. The molecule has 0 aliphatic carbocycles. The second-order valence-corrected chi connectivity index (χ2v) is 6.58. The molecular formula is C20H23N5O2. The summed E-state index contributed by atoms with van der Waals surface area (Å²) in [6, 6.07) is 13.8. The van der Waals surface area contributed by atoms with Crippen LogP contribution in [0.1, 0.15) is 11.7 Å². The smallest absolute Gasteiger partial charge is 0.241 e. The first-order valence-electron chi connectivity index (χ1n) is 9.21. The Morgan fingerprint density at radius 2 is 1.96 bits per heavy atom. The summed E-state index contributed by atoms with van der Waals surface area (Å²) in [7, 11) is 0. The van der Waals surface area contributed by atoms with E-state index in [4.69, 9.17) is 4.74 Å². The lowest BCUT2D eigenvalue weighted by atomic mass is 10.1. The average molecular weight is 365 g/mol. The number of morpholine rings is 1. The van der Waals surface area contributed by atoms with Crippen LogP contribution < -0.4 is 5.32 Å². The van der Waals surface area contributed by atoms with Gasteiger partial charge in [0.05, 0.1) is 36.7 Å². The Bertz CT molecular complexity index is 890. The fourth-order valence-corrected chi connectivity index (χ4v) is 3.44. The number of carbonyl (C=O) groups is 1. The summed E-state index contributed by atoms with van der Waals surface area (Å²) in [5, 5.41) is 8.42. The summed E-state index contributed by atoms with van der Waals surface area (Å²) < 4.78 is 7.19. The lowest BCUT2D eigenvalue weighted by Gasteiger charge is -2.34. The molecule has 1 aliphatic rings. The average Bonchev–Trinajstić information content (AvgIpc) is 3.13. The molecule has 1 amide bonds. The molecule has 1 aliphatic heterocycles. The number of hydrogen-bond donors (Lipinski definition) is 1. The molecule has 0 radical (unpaired) electrons. The molecule has 140 valence electrons. The molecule has 3 aromatic rings. The van der Waals surface area contributed by atoms with Crippen LogP contribution in [0.2, 0.25) is 0 Å². The number of nitrogens with zero attached hydrogens (tertiary/aromatic N) is 4. The van der Waals surface area contributed by atoms with E-state index in [1.54, 1.807) is 17.1 Å². The number of para-hydroxylation sites is 1. The van der Waals surface area contributed by atoms with Crippen molar-refractivity contribution in [3.63, 3.8) is 0 Å². The quantitative estimate of drug-likeness (QED) is 0.719. The third-order valence-electron chi connectivity index (χ3n) is 4.85. The minimum atomic E-state index is -0.0574. The van der Waals surface area contributed by atoms with E-state index < -0.39 is 0 Å². The standard InChI is InChI=1S/C20H23N5O2/c26-20(15-25-18-7-2-1-5-16(18)13-23-25)22-14-19(17-6-3-4-8-21-17)24-9-11-27-12-10-24/h1-8,13,19H,9-12,14-15H2,(H,22,26). The fraction of sp³-hybridized carbons (Fsp3) is 0.350. The van der Waals surface area contributed by atoms with Gasteiger partial charge in [0.2, 0.25) is 5.91 Å². The summed E-state index contributed by atoms with van der Waals surface area (Å²) in [4.78, 5) is 19.3. The monoisotopic (exact) mass is 365 g/mol. The molecular weight excluding hydrogens is 342 g/mol. The largest absolute Gasteiger partial charge is 0.379 e. The number of rotatable bonds is 6. The van der Waals surface area contributed by atoms with Gasteiger partial charge in [-0.15, -0.1) is 0 Å². The second-order valence-electron chi connectivity index (χ2n) is 6.58. The number of nitrogens with one attached hydrogen (secondary N) is 1. The Morgan fingerprint density at radius 1 is 1.15 bits per heavy atom. The van der Waals surface area contributed by atoms with Crippen molar-refractivity contribution in [1.29, 1.82) is 0 Å². The van der Waals surface area contributed by atoms with Gasteiger partial charge in [-0.25, -0.2) is 0 Å². The van der Waals surface area contributed by atoms with E-state index in [1.165, 1.54) is 0 Å². The molecule has 0 bridgehead atoms. The highest BCUT2D eigenvalue weighted by molar-refractivity contribution is 5.81. The van der Waals surface area contributed by atoms with Crippen LogP contribution in [0.25, 0.3) is 10.9 Å². The van der Waals surface area contributed by atoms with E-state index in [0.29, 0.717) is 19.8 Å². The topological polar surface area (TPSA) is 72.3 Å². The van der Waals surface area contributed by atoms with Gasteiger partial charge in [-0.2, -0.15) is 5.10 Å². The Hall–Kier alpha value is -2.77. The van der Waals surface area contributed by atoms with Crippen LogP contribution in [0, 0.1) is 0 Å². The Kier molecular flexibility index (Phi) is 5.41. The Morgan fingerprint density at radius 3 is 2.78 bits per heavy atom. The summed E-state index contributed by atoms with van der Waals surface area (Å²) in [5.74, 6) is -0.0574. The number of amides is 1. The highest BCUT2D eigenvalue weighted by Crippen LogP contribution is 2.19. The van der Waals surface area contributed by atoms with Crippen LogP contribution in [-0.2, 0) is 16.1 Å². The van der Waals surface area contributed by atoms with Gasteiger partial charge in [0.15, 0.2) is 0 Å². The molecule has 1 unspecified atom stereocenters. The molecule has 3 heterocycles. The van der Waals surface area contributed by atoms with Gasteiger partial charge in [-0.1, -0.05) is 24.3 Å². The van der Waals surface area contributed by atoms with Gasteiger partial charge in [0.25, 0.3) is 0 Å². The first-order chi connectivity index (χ1) is 13.3. The zero-order chi connectivity index (χ0) is 18.5. The highest BCUT2D eigenvalue weighted by atomic mass is 16.5. The van der Waals surface area contributed by atoms with Crippen LogP contribution in [0.5, 0.6) is 0 Å². The Balaban J connectivity index is 1.43. The van der Waals surface area contributed by atoms with Gasteiger partial charge >= 0.3 is 0 Å². The molecule has 7 heteroatoms. The lowest BCUT2D eigenvalue weighted by Crippen LogP contribution is -2.44. The summed E-state index contributed by atoms with van der Waals surface area (Å²) in [6.07, 6.45) is 3.58. The molecule has 1 aromatic carbocycles. The van der Waals surface area contributed by atoms with E-state index in [1.807, 2.05) is 42.5 Å². The zero-order valence-corrected chi connectivity index (χ0v) is 15.1. The summed E-state index contributed by atoms with van der Waals surface area (Å²) in [5.41, 5.74) is 1.92. The fourth-order valence-electron chi connectivity index (χ4n) is 3.44. The van der Waals surface area contributed by atoms with Crippen molar-refractivity contribution in [3.8, 4) is 0 Å². The van der Waals surface area contributed by atoms with Crippen molar-refractivity contribution in [2.45, 2.75) is 12.6 Å².